The smallest absolute Gasteiger partial charge is 0.267 e. The van der Waals surface area contributed by atoms with Crippen molar-refractivity contribution in [3.63, 3.8) is 0 Å². The molecular weight excluding hydrogens is 402 g/mol. The van der Waals surface area contributed by atoms with Gasteiger partial charge in [-0.15, -0.1) is 0 Å². The number of rotatable bonds is 5. The van der Waals surface area contributed by atoms with E-state index < -0.39 is 22.0 Å². The fourth-order valence-corrected chi connectivity index (χ4v) is 5.69. The van der Waals surface area contributed by atoms with Gasteiger partial charge in [0.25, 0.3) is 10.0 Å². The number of carbonyl (C=O) groups excluding carboxylic acids is 2. The Morgan fingerprint density at radius 3 is 2.13 bits per heavy atom. The summed E-state index contributed by atoms with van der Waals surface area (Å²) in [6.45, 7) is 3.30. The Bertz CT molecular complexity index is 1000. The van der Waals surface area contributed by atoms with Crippen LogP contribution in [0.4, 0.5) is 0 Å². The van der Waals surface area contributed by atoms with Gasteiger partial charge < -0.3 is 4.90 Å². The third-order valence-electron chi connectivity index (χ3n) is 5.68. The molecule has 2 aromatic carbocycles. The molecule has 30 heavy (non-hydrogen) atoms. The number of nitrogens with zero attached hydrogens (tertiary/aromatic N) is 3. The molecule has 1 unspecified atom stereocenters. The number of benzene rings is 2. The quantitative estimate of drug-likeness (QED) is 0.726. The summed E-state index contributed by atoms with van der Waals surface area (Å²) in [7, 11) is -4.05. The number of hydrogen-bond donors (Lipinski definition) is 0. The lowest BCUT2D eigenvalue weighted by molar-refractivity contribution is -0.139. The van der Waals surface area contributed by atoms with Crippen LogP contribution in [0.25, 0.3) is 0 Å². The van der Waals surface area contributed by atoms with Crippen LogP contribution in [-0.2, 0) is 26.2 Å². The van der Waals surface area contributed by atoms with E-state index in [1.807, 2.05) is 18.2 Å². The lowest BCUT2D eigenvalue weighted by atomic mass is 10.1. The van der Waals surface area contributed by atoms with E-state index in [4.69, 9.17) is 0 Å². The first-order valence-corrected chi connectivity index (χ1v) is 11.6. The monoisotopic (exact) mass is 427 g/mol. The Morgan fingerprint density at radius 2 is 1.50 bits per heavy atom. The van der Waals surface area contributed by atoms with Crippen LogP contribution < -0.4 is 0 Å². The first kappa shape index (κ1) is 20.6. The molecule has 0 aliphatic carbocycles. The summed E-state index contributed by atoms with van der Waals surface area (Å²) in [6.07, 6.45) is 0.296. The van der Waals surface area contributed by atoms with Crippen LogP contribution >= 0.6 is 0 Å². The van der Waals surface area contributed by atoms with E-state index in [9.17, 15) is 18.0 Å². The van der Waals surface area contributed by atoms with E-state index in [0.717, 1.165) is 10.8 Å². The number of piperazine rings is 1. The van der Waals surface area contributed by atoms with Gasteiger partial charge in [-0.05, 0) is 24.1 Å². The zero-order valence-corrected chi connectivity index (χ0v) is 17.5. The van der Waals surface area contributed by atoms with Crippen molar-refractivity contribution < 1.29 is 18.0 Å². The minimum atomic E-state index is -4.05. The topological polar surface area (TPSA) is 78.0 Å². The van der Waals surface area contributed by atoms with Crippen molar-refractivity contribution in [2.75, 3.05) is 26.2 Å². The lowest BCUT2D eigenvalue weighted by Crippen LogP contribution is -2.54. The summed E-state index contributed by atoms with van der Waals surface area (Å²) in [4.78, 5) is 29.6. The standard InChI is InChI=1S/C22H25N3O4S/c26-21-12-11-20(25(21)30(28,29)19-9-5-2-6-10-19)22(27)24-15-13-23(14-16-24)17-18-7-3-1-4-8-18/h1-10,20H,11-17H2. The van der Waals surface area contributed by atoms with Crippen LogP contribution in [0.2, 0.25) is 0 Å². The summed E-state index contributed by atoms with van der Waals surface area (Å²) in [5.74, 6) is -0.792. The zero-order valence-electron chi connectivity index (χ0n) is 16.7. The van der Waals surface area contributed by atoms with Crippen LogP contribution in [0, 0.1) is 0 Å². The number of hydrogen-bond acceptors (Lipinski definition) is 5. The highest BCUT2D eigenvalue weighted by atomic mass is 32.2. The number of carbonyl (C=O) groups is 2. The lowest BCUT2D eigenvalue weighted by Gasteiger charge is -2.37. The van der Waals surface area contributed by atoms with Gasteiger partial charge in [-0.2, -0.15) is 0 Å². The molecule has 2 heterocycles. The van der Waals surface area contributed by atoms with Gasteiger partial charge in [0.2, 0.25) is 11.8 Å². The van der Waals surface area contributed by atoms with E-state index in [-0.39, 0.29) is 23.6 Å². The van der Waals surface area contributed by atoms with Gasteiger partial charge in [0.05, 0.1) is 4.90 Å². The molecule has 2 saturated heterocycles. The molecule has 8 heteroatoms. The second kappa shape index (κ2) is 8.57. The first-order valence-electron chi connectivity index (χ1n) is 10.1. The maximum absolute atomic E-state index is 13.1. The van der Waals surface area contributed by atoms with Crippen molar-refractivity contribution in [2.24, 2.45) is 0 Å². The van der Waals surface area contributed by atoms with Gasteiger partial charge >= 0.3 is 0 Å². The molecule has 0 spiro atoms. The molecule has 2 aliphatic rings. The Balaban J connectivity index is 1.43. The van der Waals surface area contributed by atoms with Crippen LogP contribution in [0.3, 0.4) is 0 Å². The van der Waals surface area contributed by atoms with Gasteiger partial charge in [-0.1, -0.05) is 48.5 Å². The first-order chi connectivity index (χ1) is 14.5. The Labute approximate surface area is 176 Å². The Hall–Kier alpha value is -2.71. The minimum absolute atomic E-state index is 0.0331. The van der Waals surface area contributed by atoms with E-state index in [1.54, 1.807) is 23.1 Å². The minimum Gasteiger partial charge on any atom is -0.338 e. The molecule has 0 aromatic heterocycles. The molecule has 158 valence electrons. The summed E-state index contributed by atoms with van der Waals surface area (Å²) in [5, 5.41) is 0. The van der Waals surface area contributed by atoms with Crippen LogP contribution in [0.5, 0.6) is 0 Å². The van der Waals surface area contributed by atoms with Gasteiger partial charge in [0, 0.05) is 39.1 Å². The van der Waals surface area contributed by atoms with Gasteiger partial charge in [-0.25, -0.2) is 12.7 Å². The maximum atomic E-state index is 13.1. The zero-order chi connectivity index (χ0) is 21.1. The highest BCUT2D eigenvalue weighted by Gasteiger charge is 2.45. The maximum Gasteiger partial charge on any atom is 0.267 e. The molecule has 7 nitrogen and oxygen atoms in total. The molecule has 2 amide bonds. The predicted octanol–water partition coefficient (Wildman–Crippen LogP) is 1.71. The molecule has 0 N–H and O–H groups in total. The molecular formula is C22H25N3O4S. The summed E-state index contributed by atoms with van der Waals surface area (Å²) >= 11 is 0. The highest BCUT2D eigenvalue weighted by Crippen LogP contribution is 2.28. The summed E-state index contributed by atoms with van der Waals surface area (Å²) < 4.78 is 26.9. The molecule has 2 aliphatic heterocycles. The number of amides is 2. The summed E-state index contributed by atoms with van der Waals surface area (Å²) in [5.41, 5.74) is 1.22. The average Bonchev–Trinajstić information content (AvgIpc) is 3.17. The van der Waals surface area contributed by atoms with E-state index in [0.29, 0.717) is 26.2 Å². The van der Waals surface area contributed by atoms with Crippen LogP contribution in [0.1, 0.15) is 18.4 Å². The molecule has 4 rings (SSSR count). The SMILES string of the molecule is O=C(C1CCC(=O)N1S(=O)(=O)c1ccccc1)N1CCN(Cc2ccccc2)CC1. The Kier molecular flexibility index (Phi) is 5.87. The van der Waals surface area contributed by atoms with Crippen molar-refractivity contribution in [2.45, 2.75) is 30.3 Å². The van der Waals surface area contributed by atoms with Crippen molar-refractivity contribution in [1.82, 2.24) is 14.1 Å². The third-order valence-corrected chi connectivity index (χ3v) is 7.52. The fourth-order valence-electron chi connectivity index (χ4n) is 4.07. The summed E-state index contributed by atoms with van der Waals surface area (Å²) in [6, 6.07) is 17.0. The number of sulfonamides is 1. The van der Waals surface area contributed by atoms with Crippen molar-refractivity contribution in [1.29, 1.82) is 0 Å². The normalized spacial score (nSPS) is 20.5. The van der Waals surface area contributed by atoms with E-state index in [1.165, 1.54) is 17.7 Å². The van der Waals surface area contributed by atoms with Crippen molar-refractivity contribution in [3.05, 3.63) is 66.2 Å². The Morgan fingerprint density at radius 1 is 0.900 bits per heavy atom. The molecule has 0 saturated carbocycles. The van der Waals surface area contributed by atoms with E-state index in [2.05, 4.69) is 17.0 Å². The molecule has 0 bridgehead atoms. The second-order valence-electron chi connectivity index (χ2n) is 7.65. The van der Waals surface area contributed by atoms with Gasteiger partial charge in [0.1, 0.15) is 6.04 Å². The van der Waals surface area contributed by atoms with Crippen molar-refractivity contribution in [3.8, 4) is 0 Å². The fraction of sp³-hybridized carbons (Fsp3) is 0.364. The second-order valence-corrected chi connectivity index (χ2v) is 9.46. The molecule has 0 radical (unpaired) electrons. The van der Waals surface area contributed by atoms with Gasteiger partial charge in [0.15, 0.2) is 0 Å². The molecule has 2 aromatic rings. The average molecular weight is 428 g/mol. The van der Waals surface area contributed by atoms with E-state index >= 15 is 0 Å². The van der Waals surface area contributed by atoms with Crippen LogP contribution in [-0.4, -0.2) is 66.6 Å². The van der Waals surface area contributed by atoms with Crippen LogP contribution in [0.15, 0.2) is 65.6 Å². The third kappa shape index (κ3) is 4.11. The van der Waals surface area contributed by atoms with Crippen molar-refractivity contribution >= 4 is 21.8 Å². The largest absolute Gasteiger partial charge is 0.338 e. The molecule has 2 fully saturated rings. The predicted molar refractivity (Wildman–Crippen MR) is 112 cm³/mol. The highest BCUT2D eigenvalue weighted by molar-refractivity contribution is 7.89. The molecule has 1 atom stereocenters. The van der Waals surface area contributed by atoms with Gasteiger partial charge in [-0.3, -0.25) is 14.5 Å².